The van der Waals surface area contributed by atoms with Gasteiger partial charge in [-0.05, 0) is 58.1 Å². The van der Waals surface area contributed by atoms with Gasteiger partial charge in [-0.15, -0.1) is 0 Å². The molecule has 0 aliphatic carbocycles. The molecule has 152 valence electrons. The third kappa shape index (κ3) is 3.85. The summed E-state index contributed by atoms with van der Waals surface area (Å²) >= 11 is 10.4. The van der Waals surface area contributed by atoms with E-state index in [1.807, 2.05) is 67.6 Å². The number of rotatable bonds is 5. The summed E-state index contributed by atoms with van der Waals surface area (Å²) in [5.41, 5.74) is 1.62. The molecule has 1 aliphatic heterocycles. The number of carbonyl (C=O) groups excluding carboxylic acids is 1. The van der Waals surface area contributed by atoms with Gasteiger partial charge >= 0.3 is 0 Å². The minimum Gasteiger partial charge on any atom is -0.493 e. The van der Waals surface area contributed by atoms with Crippen molar-refractivity contribution in [3.63, 3.8) is 0 Å². The molecule has 0 bridgehead atoms. The SMILES string of the molecule is CCOc1c(Br)cc(/C=C2\SC(=S)N(c3cccc4ccccc34)C2=O)cc1OC. The molecule has 0 aromatic heterocycles. The van der Waals surface area contributed by atoms with Crippen LogP contribution in [0.25, 0.3) is 16.8 Å². The predicted molar refractivity (Wildman–Crippen MR) is 131 cm³/mol. The van der Waals surface area contributed by atoms with Gasteiger partial charge in [0.2, 0.25) is 0 Å². The maximum absolute atomic E-state index is 13.3. The summed E-state index contributed by atoms with van der Waals surface area (Å²) in [7, 11) is 1.59. The van der Waals surface area contributed by atoms with Crippen LogP contribution in [0, 0.1) is 0 Å². The molecule has 0 N–H and O–H groups in total. The smallest absolute Gasteiger partial charge is 0.270 e. The topological polar surface area (TPSA) is 38.8 Å². The molecule has 1 fully saturated rings. The molecule has 1 heterocycles. The second kappa shape index (κ2) is 8.79. The fourth-order valence-electron chi connectivity index (χ4n) is 3.34. The van der Waals surface area contributed by atoms with Gasteiger partial charge in [-0.2, -0.15) is 0 Å². The van der Waals surface area contributed by atoms with Crippen LogP contribution < -0.4 is 14.4 Å². The summed E-state index contributed by atoms with van der Waals surface area (Å²) < 4.78 is 12.4. The molecule has 7 heteroatoms. The molecule has 3 aromatic carbocycles. The van der Waals surface area contributed by atoms with Crippen LogP contribution in [0.2, 0.25) is 0 Å². The number of fused-ring (bicyclic) bond motifs is 1. The highest BCUT2D eigenvalue weighted by Crippen LogP contribution is 2.41. The molecule has 4 rings (SSSR count). The largest absolute Gasteiger partial charge is 0.493 e. The number of methoxy groups -OCH3 is 1. The Labute approximate surface area is 193 Å². The average Bonchev–Trinajstić information content (AvgIpc) is 3.02. The number of hydrogen-bond acceptors (Lipinski definition) is 5. The zero-order chi connectivity index (χ0) is 21.3. The highest BCUT2D eigenvalue weighted by molar-refractivity contribution is 9.10. The van der Waals surface area contributed by atoms with Crippen LogP contribution in [0.4, 0.5) is 5.69 Å². The van der Waals surface area contributed by atoms with Gasteiger partial charge in [-0.3, -0.25) is 9.69 Å². The first-order valence-corrected chi connectivity index (χ1v) is 11.3. The van der Waals surface area contributed by atoms with Crippen molar-refractivity contribution >= 4 is 72.7 Å². The molecular formula is C23H18BrNO3S2. The highest BCUT2D eigenvalue weighted by atomic mass is 79.9. The Morgan fingerprint density at radius 2 is 1.93 bits per heavy atom. The van der Waals surface area contributed by atoms with Crippen LogP contribution in [-0.2, 0) is 4.79 Å². The van der Waals surface area contributed by atoms with Gasteiger partial charge in [0.1, 0.15) is 0 Å². The Kier molecular flexibility index (Phi) is 6.13. The fourth-order valence-corrected chi connectivity index (χ4v) is 5.20. The number of benzene rings is 3. The van der Waals surface area contributed by atoms with Crippen molar-refractivity contribution in [3.8, 4) is 11.5 Å². The van der Waals surface area contributed by atoms with Gasteiger partial charge in [0.05, 0.1) is 28.8 Å². The van der Waals surface area contributed by atoms with E-state index in [0.29, 0.717) is 27.3 Å². The van der Waals surface area contributed by atoms with Crippen molar-refractivity contribution in [1.29, 1.82) is 0 Å². The van der Waals surface area contributed by atoms with E-state index in [1.54, 1.807) is 12.0 Å². The summed E-state index contributed by atoms with van der Waals surface area (Å²) in [5.74, 6) is 1.10. The number of thioether (sulfide) groups is 1. The molecule has 0 unspecified atom stereocenters. The number of amides is 1. The Balaban J connectivity index is 1.73. The van der Waals surface area contributed by atoms with Crippen molar-refractivity contribution < 1.29 is 14.3 Å². The number of thiocarbonyl (C=S) groups is 1. The van der Waals surface area contributed by atoms with E-state index in [4.69, 9.17) is 21.7 Å². The molecule has 0 spiro atoms. The fraction of sp³-hybridized carbons (Fsp3) is 0.130. The molecular weight excluding hydrogens is 482 g/mol. The Bertz CT molecular complexity index is 1190. The summed E-state index contributed by atoms with van der Waals surface area (Å²) in [6.45, 7) is 2.44. The van der Waals surface area contributed by atoms with Crippen molar-refractivity contribution in [1.82, 2.24) is 0 Å². The van der Waals surface area contributed by atoms with Crippen molar-refractivity contribution in [2.75, 3.05) is 18.6 Å². The van der Waals surface area contributed by atoms with E-state index < -0.39 is 0 Å². The molecule has 1 amide bonds. The van der Waals surface area contributed by atoms with Gasteiger partial charge in [0, 0.05) is 5.39 Å². The lowest BCUT2D eigenvalue weighted by molar-refractivity contribution is -0.113. The number of nitrogens with zero attached hydrogens (tertiary/aromatic N) is 1. The van der Waals surface area contributed by atoms with Crippen LogP contribution in [0.5, 0.6) is 11.5 Å². The molecule has 0 radical (unpaired) electrons. The molecule has 3 aromatic rings. The third-order valence-electron chi connectivity index (χ3n) is 4.64. The molecule has 4 nitrogen and oxygen atoms in total. The lowest BCUT2D eigenvalue weighted by atomic mass is 10.1. The summed E-state index contributed by atoms with van der Waals surface area (Å²) in [6, 6.07) is 17.6. The van der Waals surface area contributed by atoms with E-state index in [9.17, 15) is 4.79 Å². The monoisotopic (exact) mass is 499 g/mol. The Hall–Kier alpha value is -2.35. The standard InChI is InChI=1S/C23H18BrNO3S2/c1-3-28-21-17(24)11-14(12-19(21)27-2)13-20-22(26)25(23(29)30-20)18-10-6-8-15-7-4-5-9-16(15)18/h4-13H,3H2,1-2H3/b20-13-. The maximum atomic E-state index is 13.3. The zero-order valence-corrected chi connectivity index (χ0v) is 19.6. The molecule has 30 heavy (non-hydrogen) atoms. The normalized spacial score (nSPS) is 15.3. The second-order valence-corrected chi connectivity index (χ2v) is 9.01. The van der Waals surface area contributed by atoms with Crippen LogP contribution in [0.3, 0.4) is 0 Å². The first-order chi connectivity index (χ1) is 14.5. The number of ether oxygens (including phenoxy) is 2. The summed E-state index contributed by atoms with van der Waals surface area (Å²) in [5, 5.41) is 2.05. The van der Waals surface area contributed by atoms with Gasteiger partial charge in [0.15, 0.2) is 15.8 Å². The Morgan fingerprint density at radius 3 is 2.70 bits per heavy atom. The first kappa shape index (κ1) is 20.9. The Morgan fingerprint density at radius 1 is 1.17 bits per heavy atom. The van der Waals surface area contributed by atoms with E-state index in [1.165, 1.54) is 11.8 Å². The van der Waals surface area contributed by atoms with Crippen molar-refractivity contribution in [2.45, 2.75) is 6.92 Å². The molecule has 0 saturated carbocycles. The molecule has 1 aliphatic rings. The molecule has 0 atom stereocenters. The van der Waals surface area contributed by atoms with E-state index in [-0.39, 0.29) is 5.91 Å². The van der Waals surface area contributed by atoms with Crippen molar-refractivity contribution in [2.24, 2.45) is 0 Å². The van der Waals surface area contributed by atoms with Gasteiger partial charge < -0.3 is 9.47 Å². The first-order valence-electron chi connectivity index (χ1n) is 9.29. The van der Waals surface area contributed by atoms with E-state index in [2.05, 4.69) is 15.9 Å². The zero-order valence-electron chi connectivity index (χ0n) is 16.3. The quantitative estimate of drug-likeness (QED) is 0.299. The van der Waals surface area contributed by atoms with Crippen LogP contribution in [0.1, 0.15) is 12.5 Å². The van der Waals surface area contributed by atoms with E-state index in [0.717, 1.165) is 26.5 Å². The summed E-state index contributed by atoms with van der Waals surface area (Å²) in [6.07, 6.45) is 1.83. The number of carbonyl (C=O) groups is 1. The van der Waals surface area contributed by atoms with Crippen LogP contribution >= 0.6 is 39.9 Å². The predicted octanol–water partition coefficient (Wildman–Crippen LogP) is 6.42. The number of anilines is 1. The van der Waals surface area contributed by atoms with Crippen LogP contribution in [-0.4, -0.2) is 23.9 Å². The average molecular weight is 500 g/mol. The number of halogens is 1. The van der Waals surface area contributed by atoms with Gasteiger partial charge in [-0.25, -0.2) is 0 Å². The van der Waals surface area contributed by atoms with Gasteiger partial charge in [-0.1, -0.05) is 60.4 Å². The number of hydrogen-bond donors (Lipinski definition) is 0. The van der Waals surface area contributed by atoms with E-state index >= 15 is 0 Å². The lowest BCUT2D eigenvalue weighted by Crippen LogP contribution is -2.27. The minimum atomic E-state index is -0.134. The second-order valence-electron chi connectivity index (χ2n) is 6.48. The van der Waals surface area contributed by atoms with Crippen molar-refractivity contribution in [3.05, 3.63) is 69.5 Å². The van der Waals surface area contributed by atoms with Gasteiger partial charge in [0.25, 0.3) is 5.91 Å². The summed E-state index contributed by atoms with van der Waals surface area (Å²) in [4.78, 5) is 15.4. The lowest BCUT2D eigenvalue weighted by Gasteiger charge is -2.17. The van der Waals surface area contributed by atoms with Crippen LogP contribution in [0.15, 0.2) is 64.0 Å². The minimum absolute atomic E-state index is 0.134. The maximum Gasteiger partial charge on any atom is 0.270 e. The molecule has 1 saturated heterocycles. The third-order valence-corrected chi connectivity index (χ3v) is 6.53. The highest BCUT2D eigenvalue weighted by Gasteiger charge is 2.34.